The van der Waals surface area contributed by atoms with Crippen molar-refractivity contribution in [3.8, 4) is 0 Å². The molecule has 5 heteroatoms. The fraction of sp³-hybridized carbons (Fsp3) is 0.950. The summed E-state index contributed by atoms with van der Waals surface area (Å²) in [7, 11) is 0. The zero-order chi connectivity index (χ0) is 32.7. The number of esters is 2. The van der Waals surface area contributed by atoms with Gasteiger partial charge in [0, 0.05) is 11.5 Å². The van der Waals surface area contributed by atoms with Gasteiger partial charge in [-0.1, -0.05) is 194 Å². The van der Waals surface area contributed by atoms with E-state index in [-0.39, 0.29) is 11.9 Å². The molecule has 0 atom stereocenters. The second-order valence-electron chi connectivity index (χ2n) is 13.5. The summed E-state index contributed by atoms with van der Waals surface area (Å²) in [6, 6.07) is 0. The second kappa shape index (κ2) is 39.5. The Morgan fingerprint density at radius 3 is 0.822 bits per heavy atom. The van der Waals surface area contributed by atoms with Gasteiger partial charge in [-0.25, -0.2) is 0 Å². The van der Waals surface area contributed by atoms with Crippen LogP contribution in [0.1, 0.15) is 219 Å². The predicted octanol–water partition coefficient (Wildman–Crippen LogP) is 13.3. The summed E-state index contributed by atoms with van der Waals surface area (Å²) in [5, 5.41) is 0. The molecular formula is C40H78O4S. The minimum Gasteiger partial charge on any atom is -0.466 e. The number of rotatable bonds is 38. The van der Waals surface area contributed by atoms with E-state index in [2.05, 4.69) is 13.8 Å². The van der Waals surface area contributed by atoms with Crippen LogP contribution in [-0.4, -0.2) is 36.7 Å². The molecule has 0 amide bonds. The largest absolute Gasteiger partial charge is 0.466 e. The molecule has 0 saturated heterocycles. The molecule has 0 aromatic carbocycles. The van der Waals surface area contributed by atoms with E-state index in [9.17, 15) is 9.59 Å². The predicted molar refractivity (Wildman–Crippen MR) is 198 cm³/mol. The van der Waals surface area contributed by atoms with Crippen LogP contribution in [0, 0.1) is 0 Å². The molecular weight excluding hydrogens is 577 g/mol. The van der Waals surface area contributed by atoms with Gasteiger partial charge in [0.25, 0.3) is 0 Å². The molecule has 0 aliphatic carbocycles. The van der Waals surface area contributed by atoms with Gasteiger partial charge in [0.2, 0.25) is 0 Å². The topological polar surface area (TPSA) is 52.6 Å². The van der Waals surface area contributed by atoms with Crippen LogP contribution in [-0.2, 0) is 19.1 Å². The highest BCUT2D eigenvalue weighted by molar-refractivity contribution is 7.99. The molecule has 0 radical (unpaired) electrons. The van der Waals surface area contributed by atoms with Gasteiger partial charge in [0.15, 0.2) is 0 Å². The first-order valence-electron chi connectivity index (χ1n) is 20.1. The summed E-state index contributed by atoms with van der Waals surface area (Å²) in [6.45, 7) is 5.66. The third-order valence-electron chi connectivity index (χ3n) is 8.92. The van der Waals surface area contributed by atoms with Gasteiger partial charge in [-0.15, -0.1) is 0 Å². The van der Waals surface area contributed by atoms with Crippen molar-refractivity contribution < 1.29 is 19.1 Å². The van der Waals surface area contributed by atoms with Gasteiger partial charge in [-0.05, 0) is 12.8 Å². The summed E-state index contributed by atoms with van der Waals surface area (Å²) in [5.74, 6) is 1.21. The van der Waals surface area contributed by atoms with Crippen molar-refractivity contribution in [2.45, 2.75) is 219 Å². The second-order valence-corrected chi connectivity index (χ2v) is 14.7. The third-order valence-corrected chi connectivity index (χ3v) is 9.91. The lowest BCUT2D eigenvalue weighted by Gasteiger charge is -2.06. The Labute approximate surface area is 286 Å². The quantitative estimate of drug-likeness (QED) is 0.0490. The zero-order valence-electron chi connectivity index (χ0n) is 30.5. The Morgan fingerprint density at radius 1 is 0.356 bits per heavy atom. The number of thioether (sulfide) groups is 1. The third kappa shape index (κ3) is 39.4. The molecule has 0 aliphatic rings. The van der Waals surface area contributed by atoms with E-state index in [1.165, 1.54) is 167 Å². The Morgan fingerprint density at radius 2 is 0.578 bits per heavy atom. The van der Waals surface area contributed by atoms with E-state index in [1.54, 1.807) is 11.8 Å². The minimum absolute atomic E-state index is 0.108. The number of hydrogen-bond donors (Lipinski definition) is 0. The van der Waals surface area contributed by atoms with Gasteiger partial charge in [0.05, 0.1) is 26.1 Å². The number of ether oxygens (including phenoxy) is 2. The fourth-order valence-electron chi connectivity index (χ4n) is 5.88. The first kappa shape index (κ1) is 44.3. The fourth-order valence-corrected chi connectivity index (χ4v) is 6.70. The molecule has 0 aromatic heterocycles. The summed E-state index contributed by atoms with van der Waals surface area (Å²) >= 11 is 1.64. The van der Waals surface area contributed by atoms with E-state index < -0.39 is 0 Å². The maximum Gasteiger partial charge on any atom is 0.306 e. The van der Waals surface area contributed by atoms with Crippen LogP contribution in [0.4, 0.5) is 0 Å². The highest BCUT2D eigenvalue weighted by atomic mass is 32.2. The molecule has 0 aliphatic heterocycles. The van der Waals surface area contributed by atoms with Crippen LogP contribution < -0.4 is 0 Å². The summed E-state index contributed by atoms with van der Waals surface area (Å²) in [6.07, 6.45) is 41.0. The smallest absolute Gasteiger partial charge is 0.306 e. The normalized spacial score (nSPS) is 11.2. The minimum atomic E-state index is -0.108. The van der Waals surface area contributed by atoms with E-state index in [0.717, 1.165) is 25.7 Å². The average Bonchev–Trinajstić information content (AvgIpc) is 3.04. The maximum absolute atomic E-state index is 11.9. The monoisotopic (exact) mass is 655 g/mol. The zero-order valence-corrected chi connectivity index (χ0v) is 31.3. The van der Waals surface area contributed by atoms with Gasteiger partial charge in [-0.2, -0.15) is 11.8 Å². The molecule has 0 bridgehead atoms. The van der Waals surface area contributed by atoms with Gasteiger partial charge in [0.1, 0.15) is 0 Å². The highest BCUT2D eigenvalue weighted by Crippen LogP contribution is 2.15. The van der Waals surface area contributed by atoms with Gasteiger partial charge in [-0.3, -0.25) is 9.59 Å². The van der Waals surface area contributed by atoms with E-state index in [4.69, 9.17) is 9.47 Å². The Balaban J connectivity index is 3.25. The van der Waals surface area contributed by atoms with Crippen molar-refractivity contribution in [3.05, 3.63) is 0 Å². The lowest BCUT2D eigenvalue weighted by molar-refractivity contribution is -0.144. The van der Waals surface area contributed by atoms with Crippen LogP contribution in [0.25, 0.3) is 0 Å². The Bertz CT molecular complexity index is 547. The average molecular weight is 655 g/mol. The molecule has 0 saturated carbocycles. The van der Waals surface area contributed by atoms with Crippen molar-refractivity contribution in [2.75, 3.05) is 24.7 Å². The van der Waals surface area contributed by atoms with Crippen molar-refractivity contribution in [2.24, 2.45) is 0 Å². The van der Waals surface area contributed by atoms with Crippen LogP contribution in [0.2, 0.25) is 0 Å². The summed E-state index contributed by atoms with van der Waals surface area (Å²) in [4.78, 5) is 23.9. The van der Waals surface area contributed by atoms with E-state index in [1.807, 2.05) is 0 Å². The van der Waals surface area contributed by atoms with Crippen molar-refractivity contribution >= 4 is 23.7 Å². The molecule has 4 nitrogen and oxygen atoms in total. The van der Waals surface area contributed by atoms with Crippen molar-refractivity contribution in [1.29, 1.82) is 0 Å². The van der Waals surface area contributed by atoms with Gasteiger partial charge < -0.3 is 9.47 Å². The van der Waals surface area contributed by atoms with Crippen LogP contribution in [0.5, 0.6) is 0 Å². The molecule has 0 heterocycles. The highest BCUT2D eigenvalue weighted by Gasteiger charge is 2.06. The number of carbonyl (C=O) groups excluding carboxylic acids is 2. The summed E-state index contributed by atoms with van der Waals surface area (Å²) < 4.78 is 10.8. The van der Waals surface area contributed by atoms with Crippen molar-refractivity contribution in [1.82, 2.24) is 0 Å². The molecule has 0 spiro atoms. The van der Waals surface area contributed by atoms with Crippen LogP contribution in [0.15, 0.2) is 0 Å². The molecule has 0 unspecified atom stereocenters. The van der Waals surface area contributed by atoms with Crippen LogP contribution >= 0.6 is 11.8 Å². The molecule has 0 rings (SSSR count). The summed E-state index contributed by atoms with van der Waals surface area (Å²) in [5.41, 5.74) is 0. The lowest BCUT2D eigenvalue weighted by atomic mass is 10.0. The maximum atomic E-state index is 11.9. The number of hydrogen-bond acceptors (Lipinski definition) is 5. The molecule has 0 aromatic rings. The van der Waals surface area contributed by atoms with Crippen LogP contribution in [0.3, 0.4) is 0 Å². The molecule has 0 N–H and O–H groups in total. The van der Waals surface area contributed by atoms with E-state index >= 15 is 0 Å². The Hall–Kier alpha value is -0.710. The van der Waals surface area contributed by atoms with E-state index in [0.29, 0.717) is 37.6 Å². The molecule has 268 valence electrons. The lowest BCUT2D eigenvalue weighted by Crippen LogP contribution is -2.09. The first-order valence-corrected chi connectivity index (χ1v) is 21.2. The number of unbranched alkanes of at least 4 members (excludes halogenated alkanes) is 28. The number of carbonyl (C=O) groups is 2. The molecule has 45 heavy (non-hydrogen) atoms. The van der Waals surface area contributed by atoms with Gasteiger partial charge >= 0.3 is 11.9 Å². The van der Waals surface area contributed by atoms with Crippen molar-refractivity contribution in [3.63, 3.8) is 0 Å². The Kier molecular flexibility index (Phi) is 38.8. The first-order chi connectivity index (χ1) is 22.2. The molecule has 0 fully saturated rings. The SMILES string of the molecule is CCCCCCCCCCCCCCCCCOC(=O)CCSCCC(=O)OCCCCCCCCCCCCCCCCC. The standard InChI is InChI=1S/C40H78O4S/c1-3-5-7-9-11-13-15-17-19-21-23-25-27-29-31-35-43-39(41)33-37-45-38-34-40(42)44-36-32-30-28-26-24-22-20-18-16-14-12-10-8-6-4-2/h3-38H2,1-2H3.